The average Bonchev–Trinajstić information content (AvgIpc) is 2.36. The number of nitrogens with two attached hydrogens (primary N) is 1. The molecule has 0 saturated heterocycles. The van der Waals surface area contributed by atoms with Crippen molar-refractivity contribution in [2.75, 3.05) is 13.2 Å². The highest BCUT2D eigenvalue weighted by Gasteiger charge is 2.24. The van der Waals surface area contributed by atoms with Crippen LogP contribution in [0.4, 0.5) is 0 Å². The van der Waals surface area contributed by atoms with Crippen LogP contribution in [-0.2, 0) is 11.2 Å². The van der Waals surface area contributed by atoms with Crippen LogP contribution >= 0.6 is 0 Å². The van der Waals surface area contributed by atoms with Crippen molar-refractivity contribution in [2.45, 2.75) is 37.9 Å². The minimum Gasteiger partial charge on any atom is -0.386 e. The van der Waals surface area contributed by atoms with Gasteiger partial charge in [0, 0.05) is 6.54 Å². The summed E-state index contributed by atoms with van der Waals surface area (Å²) in [6, 6.07) is 8.39. The van der Waals surface area contributed by atoms with E-state index in [0.717, 1.165) is 19.3 Å². The number of aryl methyl sites for hydroxylation is 1. The number of fused-ring (bicyclic) bond motifs is 1. The smallest absolute Gasteiger partial charge is 0.0973 e. The molecule has 1 aromatic carbocycles. The van der Waals surface area contributed by atoms with E-state index >= 15 is 0 Å². The minimum atomic E-state index is -0.924. The van der Waals surface area contributed by atoms with Crippen molar-refractivity contribution in [3.05, 3.63) is 35.4 Å². The lowest BCUT2D eigenvalue weighted by atomic mass is 9.89. The maximum atomic E-state index is 9.85. The second-order valence-corrected chi connectivity index (χ2v) is 5.09. The van der Waals surface area contributed by atoms with Gasteiger partial charge in [0.1, 0.15) is 0 Å². The Hall–Kier alpha value is -0.900. The lowest BCUT2D eigenvalue weighted by molar-refractivity contribution is -0.0633. The molecule has 94 valence electrons. The zero-order chi connectivity index (χ0) is 12.3. The van der Waals surface area contributed by atoms with E-state index in [9.17, 15) is 5.11 Å². The molecule has 0 bridgehead atoms. The summed E-state index contributed by atoms with van der Waals surface area (Å²) in [5.41, 5.74) is 7.20. The molecule has 0 amide bonds. The predicted molar refractivity (Wildman–Crippen MR) is 67.8 cm³/mol. The van der Waals surface area contributed by atoms with E-state index in [1.807, 2.05) is 6.07 Å². The first kappa shape index (κ1) is 12.6. The molecule has 0 heterocycles. The van der Waals surface area contributed by atoms with Crippen molar-refractivity contribution < 1.29 is 9.84 Å². The van der Waals surface area contributed by atoms with Gasteiger partial charge in [-0.2, -0.15) is 0 Å². The Morgan fingerprint density at radius 3 is 3.00 bits per heavy atom. The Morgan fingerprint density at radius 1 is 1.47 bits per heavy atom. The average molecular weight is 235 g/mol. The van der Waals surface area contributed by atoms with Crippen molar-refractivity contribution in [1.82, 2.24) is 0 Å². The largest absolute Gasteiger partial charge is 0.386 e. The Bertz CT molecular complexity index is 376. The first-order valence-electron chi connectivity index (χ1n) is 6.24. The SMILES string of the molecule is CC(O)(CN)COC1CCCc2ccccc21. The van der Waals surface area contributed by atoms with E-state index in [1.165, 1.54) is 11.1 Å². The van der Waals surface area contributed by atoms with Crippen LogP contribution in [0.25, 0.3) is 0 Å². The predicted octanol–water partition coefficient (Wildman–Crippen LogP) is 1.79. The molecule has 1 aliphatic rings. The summed E-state index contributed by atoms with van der Waals surface area (Å²) < 4.78 is 5.84. The Kier molecular flexibility index (Phi) is 3.82. The van der Waals surface area contributed by atoms with Crippen LogP contribution in [-0.4, -0.2) is 23.9 Å². The molecule has 3 N–H and O–H groups in total. The third-order valence-corrected chi connectivity index (χ3v) is 3.35. The molecule has 2 rings (SSSR count). The topological polar surface area (TPSA) is 55.5 Å². The second-order valence-electron chi connectivity index (χ2n) is 5.09. The van der Waals surface area contributed by atoms with Crippen molar-refractivity contribution in [2.24, 2.45) is 5.73 Å². The van der Waals surface area contributed by atoms with Gasteiger partial charge in [0.25, 0.3) is 0 Å². The first-order valence-corrected chi connectivity index (χ1v) is 6.24. The molecule has 0 aromatic heterocycles. The number of ether oxygens (including phenoxy) is 1. The molecule has 1 aliphatic carbocycles. The Labute approximate surface area is 103 Å². The fourth-order valence-electron chi connectivity index (χ4n) is 2.22. The molecule has 2 atom stereocenters. The van der Waals surface area contributed by atoms with E-state index in [1.54, 1.807) is 6.92 Å². The minimum absolute atomic E-state index is 0.109. The maximum absolute atomic E-state index is 9.85. The molecule has 0 fully saturated rings. The standard InChI is InChI=1S/C14H21NO2/c1-14(16,9-15)10-17-13-8-4-6-11-5-2-3-7-12(11)13/h2-3,5,7,13,16H,4,6,8-10,15H2,1H3. The molecule has 0 aliphatic heterocycles. The fourth-order valence-corrected chi connectivity index (χ4v) is 2.22. The van der Waals surface area contributed by atoms with Crippen LogP contribution in [0.15, 0.2) is 24.3 Å². The van der Waals surface area contributed by atoms with Crippen LogP contribution in [0, 0.1) is 0 Å². The summed E-state index contributed by atoms with van der Waals surface area (Å²) in [4.78, 5) is 0. The number of aliphatic hydroxyl groups is 1. The molecule has 0 radical (unpaired) electrons. The van der Waals surface area contributed by atoms with Gasteiger partial charge in [0.05, 0.1) is 18.3 Å². The summed E-state index contributed by atoms with van der Waals surface area (Å²) >= 11 is 0. The number of benzene rings is 1. The summed E-state index contributed by atoms with van der Waals surface area (Å²) in [5.74, 6) is 0. The van der Waals surface area contributed by atoms with Crippen LogP contribution in [0.5, 0.6) is 0 Å². The van der Waals surface area contributed by atoms with Crippen LogP contribution in [0.1, 0.15) is 37.0 Å². The van der Waals surface area contributed by atoms with Gasteiger partial charge in [-0.1, -0.05) is 24.3 Å². The molecule has 3 nitrogen and oxygen atoms in total. The molecule has 1 aromatic rings. The molecule has 17 heavy (non-hydrogen) atoms. The van der Waals surface area contributed by atoms with Crippen molar-refractivity contribution in [3.63, 3.8) is 0 Å². The van der Waals surface area contributed by atoms with E-state index in [-0.39, 0.29) is 12.6 Å². The summed E-state index contributed by atoms with van der Waals surface area (Å²) in [6.45, 7) is 2.23. The van der Waals surface area contributed by atoms with Crippen molar-refractivity contribution in [3.8, 4) is 0 Å². The van der Waals surface area contributed by atoms with Gasteiger partial charge in [0.15, 0.2) is 0 Å². The number of rotatable bonds is 4. The van der Waals surface area contributed by atoms with Crippen molar-refractivity contribution in [1.29, 1.82) is 0 Å². The quantitative estimate of drug-likeness (QED) is 0.836. The lowest BCUT2D eigenvalue weighted by Gasteiger charge is -2.29. The highest BCUT2D eigenvalue weighted by molar-refractivity contribution is 5.31. The summed E-state index contributed by atoms with van der Waals surface area (Å²) in [5, 5.41) is 9.85. The monoisotopic (exact) mass is 235 g/mol. The van der Waals surface area contributed by atoms with Gasteiger partial charge in [-0.3, -0.25) is 0 Å². The van der Waals surface area contributed by atoms with E-state index in [2.05, 4.69) is 18.2 Å². The third kappa shape index (κ3) is 3.06. The van der Waals surface area contributed by atoms with Gasteiger partial charge in [0.2, 0.25) is 0 Å². The van der Waals surface area contributed by atoms with Gasteiger partial charge < -0.3 is 15.6 Å². The molecule has 0 saturated carbocycles. The van der Waals surface area contributed by atoms with Crippen LogP contribution in [0.2, 0.25) is 0 Å². The zero-order valence-corrected chi connectivity index (χ0v) is 10.4. The van der Waals surface area contributed by atoms with Gasteiger partial charge in [-0.05, 0) is 37.3 Å². The van der Waals surface area contributed by atoms with E-state index in [0.29, 0.717) is 6.61 Å². The maximum Gasteiger partial charge on any atom is 0.0973 e. The Morgan fingerprint density at radius 2 is 2.24 bits per heavy atom. The molecule has 0 spiro atoms. The molecular formula is C14H21NO2. The van der Waals surface area contributed by atoms with Gasteiger partial charge in [-0.15, -0.1) is 0 Å². The summed E-state index contributed by atoms with van der Waals surface area (Å²) in [6.07, 6.45) is 3.41. The van der Waals surface area contributed by atoms with Crippen molar-refractivity contribution >= 4 is 0 Å². The van der Waals surface area contributed by atoms with Gasteiger partial charge >= 0.3 is 0 Å². The lowest BCUT2D eigenvalue weighted by Crippen LogP contribution is -2.39. The number of hydrogen-bond acceptors (Lipinski definition) is 3. The highest BCUT2D eigenvalue weighted by atomic mass is 16.5. The molecule has 2 unspecified atom stereocenters. The van der Waals surface area contributed by atoms with E-state index in [4.69, 9.17) is 10.5 Å². The molecule has 3 heteroatoms. The third-order valence-electron chi connectivity index (χ3n) is 3.35. The first-order chi connectivity index (χ1) is 8.12. The zero-order valence-electron chi connectivity index (χ0n) is 10.4. The van der Waals surface area contributed by atoms with E-state index < -0.39 is 5.60 Å². The van der Waals surface area contributed by atoms with Crippen LogP contribution in [0.3, 0.4) is 0 Å². The highest BCUT2D eigenvalue weighted by Crippen LogP contribution is 2.32. The molecular weight excluding hydrogens is 214 g/mol. The number of hydrogen-bond donors (Lipinski definition) is 2. The van der Waals surface area contributed by atoms with Gasteiger partial charge in [-0.25, -0.2) is 0 Å². The fraction of sp³-hybridized carbons (Fsp3) is 0.571. The normalized spacial score (nSPS) is 22.9. The Balaban J connectivity index is 2.04. The second kappa shape index (κ2) is 5.17. The van der Waals surface area contributed by atoms with Crippen LogP contribution < -0.4 is 5.73 Å². The summed E-state index contributed by atoms with van der Waals surface area (Å²) in [7, 11) is 0.